The molecule has 8 heteroatoms. The third-order valence-corrected chi connectivity index (χ3v) is 5.89. The number of carbonyl (C=O) groups is 2. The van der Waals surface area contributed by atoms with Crippen LogP contribution in [0, 0.1) is 0 Å². The first-order valence-electron chi connectivity index (χ1n) is 10.7. The topological polar surface area (TPSA) is 106 Å². The van der Waals surface area contributed by atoms with Crippen LogP contribution in [-0.4, -0.2) is 79.0 Å². The average Bonchev–Trinajstić information content (AvgIpc) is 3.30. The Balaban J connectivity index is 1.34. The van der Waals surface area contributed by atoms with Crippen molar-refractivity contribution in [3.05, 3.63) is 41.7 Å². The average molecular weight is 411 g/mol. The van der Waals surface area contributed by atoms with Crippen LogP contribution in [0.3, 0.4) is 0 Å². The zero-order valence-electron chi connectivity index (χ0n) is 17.2. The predicted octanol–water partition coefficient (Wildman–Crippen LogP) is 0.482. The first-order chi connectivity index (χ1) is 14.7. The van der Waals surface area contributed by atoms with Gasteiger partial charge < -0.3 is 25.8 Å². The number of amides is 2. The number of hydrogen-bond acceptors (Lipinski definition) is 6. The predicted molar refractivity (Wildman–Crippen MR) is 118 cm³/mol. The van der Waals surface area contributed by atoms with Crippen LogP contribution in [0.2, 0.25) is 0 Å². The number of nitrogens with one attached hydrogen (secondary N) is 3. The number of para-hydroxylation sites is 1. The van der Waals surface area contributed by atoms with Gasteiger partial charge in [-0.15, -0.1) is 0 Å². The van der Waals surface area contributed by atoms with Crippen molar-refractivity contribution < 1.29 is 9.59 Å². The van der Waals surface area contributed by atoms with Gasteiger partial charge in [-0.05, 0) is 38.5 Å². The van der Waals surface area contributed by atoms with Crippen molar-refractivity contribution in [2.45, 2.75) is 12.8 Å². The minimum absolute atomic E-state index is 0.346. The lowest BCUT2D eigenvalue weighted by Gasteiger charge is -2.34. The fourth-order valence-corrected chi connectivity index (χ4v) is 4.23. The molecule has 4 rings (SSSR count). The maximum atomic E-state index is 12.5. The van der Waals surface area contributed by atoms with E-state index in [1.54, 1.807) is 6.20 Å². The van der Waals surface area contributed by atoms with Crippen LogP contribution >= 0.6 is 0 Å². The zero-order chi connectivity index (χ0) is 20.9. The highest BCUT2D eigenvalue weighted by atomic mass is 16.2. The summed E-state index contributed by atoms with van der Waals surface area (Å²) in [4.78, 5) is 32.9. The summed E-state index contributed by atoms with van der Waals surface area (Å²) >= 11 is 0. The molecule has 1 aromatic heterocycles. The fourth-order valence-electron chi connectivity index (χ4n) is 4.23. The lowest BCUT2D eigenvalue weighted by Crippen LogP contribution is -2.47. The molecule has 2 aromatic rings. The first-order valence-corrected chi connectivity index (χ1v) is 10.7. The van der Waals surface area contributed by atoms with E-state index in [4.69, 9.17) is 5.73 Å². The van der Waals surface area contributed by atoms with E-state index in [9.17, 15) is 9.59 Å². The number of benzene rings is 1. The standard InChI is InChI=1S/C22H30N6O2/c23-7-3-9-27-11-13-28(14-12-27)10-4-8-24-20-19(21(29)26-22(20)30)17-15-25-18-6-2-1-5-16(17)18/h1-2,5-6,15,25H,3-4,7-14,23H2,(H2,24,26,29,30). The van der Waals surface area contributed by atoms with Crippen LogP contribution < -0.4 is 16.4 Å². The third kappa shape index (κ3) is 4.40. The van der Waals surface area contributed by atoms with E-state index in [2.05, 4.69) is 25.4 Å². The van der Waals surface area contributed by atoms with Gasteiger partial charge in [-0.1, -0.05) is 18.2 Å². The Bertz CT molecular complexity index is 942. The molecule has 0 radical (unpaired) electrons. The summed E-state index contributed by atoms with van der Waals surface area (Å²) in [6.07, 6.45) is 3.76. The SMILES string of the molecule is NCCCN1CCN(CCCNC2=C(c3c[nH]c4ccccc34)C(=O)NC2=O)CC1. The molecule has 2 amide bonds. The van der Waals surface area contributed by atoms with Gasteiger partial charge in [0.2, 0.25) is 0 Å². The highest BCUT2D eigenvalue weighted by Crippen LogP contribution is 2.29. The first kappa shape index (κ1) is 20.6. The van der Waals surface area contributed by atoms with E-state index in [0.29, 0.717) is 17.8 Å². The number of imide groups is 1. The van der Waals surface area contributed by atoms with E-state index >= 15 is 0 Å². The molecule has 0 unspecified atom stereocenters. The summed E-state index contributed by atoms with van der Waals surface area (Å²) < 4.78 is 0. The van der Waals surface area contributed by atoms with Crippen LogP contribution in [0.5, 0.6) is 0 Å². The van der Waals surface area contributed by atoms with Crippen molar-refractivity contribution in [2.24, 2.45) is 5.73 Å². The molecule has 2 aliphatic heterocycles. The molecule has 30 heavy (non-hydrogen) atoms. The molecule has 0 spiro atoms. The Labute approximate surface area is 176 Å². The molecule has 0 aliphatic carbocycles. The second kappa shape index (κ2) is 9.42. The van der Waals surface area contributed by atoms with Gasteiger partial charge >= 0.3 is 0 Å². The van der Waals surface area contributed by atoms with Crippen LogP contribution in [-0.2, 0) is 9.59 Å². The van der Waals surface area contributed by atoms with Gasteiger partial charge in [-0.25, -0.2) is 0 Å². The number of nitrogens with two attached hydrogens (primary N) is 1. The van der Waals surface area contributed by atoms with Gasteiger partial charge in [0.25, 0.3) is 11.8 Å². The molecule has 3 heterocycles. The minimum atomic E-state index is -0.353. The molecule has 1 fully saturated rings. The van der Waals surface area contributed by atoms with Crippen LogP contribution in [0.25, 0.3) is 16.5 Å². The van der Waals surface area contributed by atoms with Crippen LogP contribution in [0.1, 0.15) is 18.4 Å². The Kier molecular flexibility index (Phi) is 6.47. The van der Waals surface area contributed by atoms with Gasteiger partial charge in [-0.2, -0.15) is 0 Å². The lowest BCUT2D eigenvalue weighted by atomic mass is 10.0. The number of aromatic amines is 1. The van der Waals surface area contributed by atoms with Crippen molar-refractivity contribution in [1.29, 1.82) is 0 Å². The number of nitrogens with zero attached hydrogens (tertiary/aromatic N) is 2. The number of rotatable bonds is 9. The van der Waals surface area contributed by atoms with Crippen molar-refractivity contribution in [3.8, 4) is 0 Å². The molecular weight excluding hydrogens is 380 g/mol. The number of H-pyrrole nitrogens is 1. The molecule has 160 valence electrons. The van der Waals surface area contributed by atoms with Crippen molar-refractivity contribution in [1.82, 2.24) is 25.4 Å². The summed E-state index contributed by atoms with van der Waals surface area (Å²) in [5.74, 6) is -0.699. The van der Waals surface area contributed by atoms with E-state index in [-0.39, 0.29) is 11.8 Å². The molecule has 0 bridgehead atoms. The van der Waals surface area contributed by atoms with Gasteiger partial charge in [0, 0.05) is 55.4 Å². The molecular formula is C22H30N6O2. The second-order valence-electron chi connectivity index (χ2n) is 7.89. The van der Waals surface area contributed by atoms with Gasteiger partial charge in [0.05, 0.1) is 5.57 Å². The number of carbonyl (C=O) groups excluding carboxylic acids is 2. The maximum absolute atomic E-state index is 12.5. The number of aromatic nitrogens is 1. The Morgan fingerprint density at radius 3 is 2.40 bits per heavy atom. The third-order valence-electron chi connectivity index (χ3n) is 5.89. The summed E-state index contributed by atoms with van der Waals surface area (Å²) in [7, 11) is 0. The highest BCUT2D eigenvalue weighted by molar-refractivity contribution is 6.37. The molecule has 5 N–H and O–H groups in total. The quantitative estimate of drug-likeness (QED) is 0.354. The van der Waals surface area contributed by atoms with Crippen LogP contribution in [0.4, 0.5) is 0 Å². The van der Waals surface area contributed by atoms with E-state index in [0.717, 1.165) is 75.1 Å². The monoisotopic (exact) mass is 410 g/mol. The van der Waals surface area contributed by atoms with Crippen molar-refractivity contribution >= 4 is 28.3 Å². The summed E-state index contributed by atoms with van der Waals surface area (Å²) in [6, 6.07) is 7.78. The molecule has 0 saturated carbocycles. The van der Waals surface area contributed by atoms with Crippen LogP contribution in [0.15, 0.2) is 36.2 Å². The van der Waals surface area contributed by atoms with Crippen molar-refractivity contribution in [3.63, 3.8) is 0 Å². The minimum Gasteiger partial charge on any atom is -0.380 e. The molecule has 2 aliphatic rings. The second-order valence-corrected chi connectivity index (χ2v) is 7.89. The number of piperazine rings is 1. The normalized spacial score (nSPS) is 18.4. The molecule has 8 nitrogen and oxygen atoms in total. The van der Waals surface area contributed by atoms with Gasteiger partial charge in [-0.3, -0.25) is 14.9 Å². The van der Waals surface area contributed by atoms with Gasteiger partial charge in [0.1, 0.15) is 5.70 Å². The molecule has 1 saturated heterocycles. The summed E-state index contributed by atoms with van der Waals surface area (Å²) in [6.45, 7) is 7.75. The highest BCUT2D eigenvalue weighted by Gasteiger charge is 2.32. The maximum Gasteiger partial charge on any atom is 0.275 e. The van der Waals surface area contributed by atoms with Crippen molar-refractivity contribution in [2.75, 3.05) is 52.4 Å². The van der Waals surface area contributed by atoms with E-state index < -0.39 is 0 Å². The fraction of sp³-hybridized carbons (Fsp3) is 0.455. The summed E-state index contributed by atoms with van der Waals surface area (Å²) in [5.41, 5.74) is 8.08. The lowest BCUT2D eigenvalue weighted by molar-refractivity contribution is -0.123. The largest absolute Gasteiger partial charge is 0.380 e. The van der Waals surface area contributed by atoms with E-state index in [1.165, 1.54) is 0 Å². The number of fused-ring (bicyclic) bond motifs is 1. The Morgan fingerprint density at radius 1 is 0.967 bits per heavy atom. The van der Waals surface area contributed by atoms with Gasteiger partial charge in [0.15, 0.2) is 0 Å². The van der Waals surface area contributed by atoms with E-state index in [1.807, 2.05) is 24.3 Å². The molecule has 1 aromatic carbocycles. The summed E-state index contributed by atoms with van der Waals surface area (Å²) in [5, 5.41) is 6.59. The Hall–Kier alpha value is -2.68. The number of hydrogen-bond donors (Lipinski definition) is 4. The smallest absolute Gasteiger partial charge is 0.275 e. The Morgan fingerprint density at radius 2 is 1.67 bits per heavy atom. The molecule has 0 atom stereocenters. The zero-order valence-corrected chi connectivity index (χ0v) is 17.2.